The van der Waals surface area contributed by atoms with Crippen molar-refractivity contribution in [1.82, 2.24) is 10.2 Å². The van der Waals surface area contributed by atoms with Crippen LogP contribution < -0.4 is 15.1 Å². The molecule has 0 atom stereocenters. The Balaban J connectivity index is 1.30. The van der Waals surface area contributed by atoms with Gasteiger partial charge in [0.2, 0.25) is 5.91 Å². The number of piperidine rings is 1. The minimum absolute atomic E-state index is 0.0188. The van der Waals surface area contributed by atoms with E-state index in [4.69, 9.17) is 0 Å². The second-order valence-electron chi connectivity index (χ2n) is 8.11. The Bertz CT molecular complexity index is 993. The number of amides is 1. The highest BCUT2D eigenvalue weighted by Gasteiger charge is 2.26. The SMILES string of the molecule is CCN(CC)c1ccc(NC(=O)C2CCN(c3ccc(-c4ccccc4)nn3)CC2)cc1. The molecule has 166 valence electrons. The van der Waals surface area contributed by atoms with Gasteiger partial charge in [-0.05, 0) is 63.1 Å². The number of carbonyl (C=O) groups is 1. The molecule has 6 nitrogen and oxygen atoms in total. The Kier molecular flexibility index (Phi) is 7.00. The monoisotopic (exact) mass is 429 g/mol. The molecule has 1 saturated heterocycles. The van der Waals surface area contributed by atoms with Crippen molar-refractivity contribution in [2.45, 2.75) is 26.7 Å². The Morgan fingerprint density at radius 2 is 1.62 bits per heavy atom. The second-order valence-corrected chi connectivity index (χ2v) is 8.11. The molecule has 0 spiro atoms. The van der Waals surface area contributed by atoms with Crippen molar-refractivity contribution >= 4 is 23.1 Å². The molecule has 1 amide bonds. The molecule has 0 unspecified atom stereocenters. The van der Waals surface area contributed by atoms with Crippen LogP contribution in [0.5, 0.6) is 0 Å². The Morgan fingerprint density at radius 1 is 0.938 bits per heavy atom. The van der Waals surface area contributed by atoms with Crippen LogP contribution >= 0.6 is 0 Å². The second kappa shape index (κ2) is 10.3. The standard InChI is InChI=1S/C26H31N5O/c1-3-30(4-2)23-12-10-22(11-13-23)27-26(32)21-16-18-31(19-17-21)25-15-14-24(28-29-25)20-8-6-5-7-9-20/h5-15,21H,3-4,16-19H2,1-2H3,(H,27,32). The van der Waals surface area contributed by atoms with E-state index in [9.17, 15) is 4.79 Å². The molecular weight excluding hydrogens is 398 g/mol. The lowest BCUT2D eigenvalue weighted by Gasteiger charge is -2.31. The molecule has 1 fully saturated rings. The summed E-state index contributed by atoms with van der Waals surface area (Å²) in [7, 11) is 0. The normalized spacial score (nSPS) is 14.2. The van der Waals surface area contributed by atoms with Crippen LogP contribution in [0.1, 0.15) is 26.7 Å². The van der Waals surface area contributed by atoms with Crippen molar-refractivity contribution in [3.05, 3.63) is 66.7 Å². The van der Waals surface area contributed by atoms with Crippen LogP contribution in [0.2, 0.25) is 0 Å². The van der Waals surface area contributed by atoms with Crippen molar-refractivity contribution < 1.29 is 4.79 Å². The maximum absolute atomic E-state index is 12.8. The number of hydrogen-bond donors (Lipinski definition) is 1. The van der Waals surface area contributed by atoms with Crippen molar-refractivity contribution in [2.75, 3.05) is 41.3 Å². The van der Waals surface area contributed by atoms with Gasteiger partial charge in [0.15, 0.2) is 5.82 Å². The van der Waals surface area contributed by atoms with E-state index >= 15 is 0 Å². The summed E-state index contributed by atoms with van der Waals surface area (Å²) in [5.41, 5.74) is 3.97. The zero-order valence-corrected chi connectivity index (χ0v) is 18.9. The molecule has 0 bridgehead atoms. The van der Waals surface area contributed by atoms with Crippen LogP contribution in [0.25, 0.3) is 11.3 Å². The fourth-order valence-corrected chi connectivity index (χ4v) is 4.22. The average Bonchev–Trinajstić information content (AvgIpc) is 2.86. The number of rotatable bonds is 7. The predicted molar refractivity (Wildman–Crippen MR) is 131 cm³/mol. The van der Waals surface area contributed by atoms with E-state index in [1.165, 1.54) is 5.69 Å². The Morgan fingerprint density at radius 3 is 2.22 bits per heavy atom. The average molecular weight is 430 g/mol. The molecule has 1 N–H and O–H groups in total. The van der Waals surface area contributed by atoms with E-state index in [-0.39, 0.29) is 11.8 Å². The first-order valence-electron chi connectivity index (χ1n) is 11.5. The third kappa shape index (κ3) is 5.07. The number of benzene rings is 2. The van der Waals surface area contributed by atoms with Gasteiger partial charge in [-0.2, -0.15) is 0 Å². The number of nitrogens with one attached hydrogen (secondary N) is 1. The summed E-state index contributed by atoms with van der Waals surface area (Å²) in [5.74, 6) is 0.992. The van der Waals surface area contributed by atoms with Crippen LogP contribution in [0, 0.1) is 5.92 Å². The minimum Gasteiger partial charge on any atom is -0.372 e. The predicted octanol–water partition coefficient (Wildman–Crippen LogP) is 4.84. The maximum Gasteiger partial charge on any atom is 0.227 e. The highest BCUT2D eigenvalue weighted by atomic mass is 16.1. The summed E-state index contributed by atoms with van der Waals surface area (Å²) in [6, 6.07) is 22.2. The van der Waals surface area contributed by atoms with Gasteiger partial charge in [-0.25, -0.2) is 0 Å². The summed E-state index contributed by atoms with van der Waals surface area (Å²) >= 11 is 0. The van der Waals surface area contributed by atoms with Gasteiger partial charge in [-0.1, -0.05) is 30.3 Å². The molecule has 0 aliphatic carbocycles. The topological polar surface area (TPSA) is 61.4 Å². The Labute approximate surface area is 190 Å². The molecule has 4 rings (SSSR count). The zero-order chi connectivity index (χ0) is 22.3. The molecule has 2 aromatic carbocycles. The quantitative estimate of drug-likeness (QED) is 0.582. The fourth-order valence-electron chi connectivity index (χ4n) is 4.22. The third-order valence-corrected chi connectivity index (χ3v) is 6.17. The lowest BCUT2D eigenvalue weighted by atomic mass is 9.95. The molecule has 1 aromatic heterocycles. The van der Waals surface area contributed by atoms with Crippen LogP contribution in [-0.2, 0) is 4.79 Å². The number of carbonyl (C=O) groups excluding carboxylic acids is 1. The van der Waals surface area contributed by atoms with Crippen LogP contribution in [-0.4, -0.2) is 42.3 Å². The minimum atomic E-state index is 0.0188. The van der Waals surface area contributed by atoms with Crippen LogP contribution in [0.15, 0.2) is 66.7 Å². The van der Waals surface area contributed by atoms with E-state index in [1.54, 1.807) is 0 Å². The first-order chi connectivity index (χ1) is 15.7. The van der Waals surface area contributed by atoms with Crippen molar-refractivity contribution in [1.29, 1.82) is 0 Å². The van der Waals surface area contributed by atoms with Gasteiger partial charge in [-0.15, -0.1) is 10.2 Å². The first-order valence-corrected chi connectivity index (χ1v) is 11.5. The lowest BCUT2D eigenvalue weighted by Crippen LogP contribution is -2.38. The molecule has 0 radical (unpaired) electrons. The fraction of sp³-hybridized carbons (Fsp3) is 0.346. The molecule has 1 aliphatic heterocycles. The van der Waals surface area contributed by atoms with Gasteiger partial charge in [0.25, 0.3) is 0 Å². The molecule has 32 heavy (non-hydrogen) atoms. The summed E-state index contributed by atoms with van der Waals surface area (Å²) < 4.78 is 0. The first kappa shape index (κ1) is 21.8. The molecular formula is C26H31N5O. The molecule has 3 aromatic rings. The molecule has 6 heteroatoms. The van der Waals surface area contributed by atoms with E-state index < -0.39 is 0 Å². The highest BCUT2D eigenvalue weighted by molar-refractivity contribution is 5.92. The summed E-state index contributed by atoms with van der Waals surface area (Å²) in [4.78, 5) is 17.3. The van der Waals surface area contributed by atoms with Gasteiger partial charge in [0.05, 0.1) is 5.69 Å². The number of aromatic nitrogens is 2. The van der Waals surface area contributed by atoms with E-state index in [0.29, 0.717) is 0 Å². The van der Waals surface area contributed by atoms with Gasteiger partial charge < -0.3 is 15.1 Å². The van der Waals surface area contributed by atoms with Crippen molar-refractivity contribution in [3.63, 3.8) is 0 Å². The van der Waals surface area contributed by atoms with Crippen molar-refractivity contribution in [2.24, 2.45) is 5.92 Å². The van der Waals surface area contributed by atoms with Gasteiger partial charge in [-0.3, -0.25) is 4.79 Å². The largest absolute Gasteiger partial charge is 0.372 e. The van der Waals surface area contributed by atoms with Gasteiger partial charge in [0.1, 0.15) is 0 Å². The van der Waals surface area contributed by atoms with E-state index in [2.05, 4.69) is 51.3 Å². The Hall–Kier alpha value is -3.41. The van der Waals surface area contributed by atoms with Crippen LogP contribution in [0.3, 0.4) is 0 Å². The summed E-state index contributed by atoms with van der Waals surface area (Å²) in [6.07, 6.45) is 1.62. The smallest absolute Gasteiger partial charge is 0.227 e. The summed E-state index contributed by atoms with van der Waals surface area (Å²) in [6.45, 7) is 7.85. The van der Waals surface area contributed by atoms with E-state index in [0.717, 1.165) is 61.8 Å². The molecule has 0 saturated carbocycles. The van der Waals surface area contributed by atoms with E-state index in [1.807, 2.05) is 54.6 Å². The molecule has 2 heterocycles. The lowest BCUT2D eigenvalue weighted by molar-refractivity contribution is -0.120. The third-order valence-electron chi connectivity index (χ3n) is 6.17. The summed E-state index contributed by atoms with van der Waals surface area (Å²) in [5, 5.41) is 11.9. The number of nitrogens with zero attached hydrogens (tertiary/aromatic N) is 4. The van der Waals surface area contributed by atoms with Gasteiger partial charge >= 0.3 is 0 Å². The zero-order valence-electron chi connectivity index (χ0n) is 18.9. The van der Waals surface area contributed by atoms with Crippen LogP contribution in [0.4, 0.5) is 17.2 Å². The maximum atomic E-state index is 12.8. The molecule has 1 aliphatic rings. The van der Waals surface area contributed by atoms with Crippen molar-refractivity contribution in [3.8, 4) is 11.3 Å². The number of anilines is 3. The number of hydrogen-bond acceptors (Lipinski definition) is 5. The van der Waals surface area contributed by atoms with Gasteiger partial charge in [0, 0.05) is 49.0 Å². The highest BCUT2D eigenvalue weighted by Crippen LogP contribution is 2.25.